The summed E-state index contributed by atoms with van der Waals surface area (Å²) in [7, 11) is 2.13. The molecule has 1 heterocycles. The van der Waals surface area contributed by atoms with Crippen molar-refractivity contribution in [1.82, 2.24) is 4.90 Å². The lowest BCUT2D eigenvalue weighted by Gasteiger charge is -2.15. The van der Waals surface area contributed by atoms with E-state index in [4.69, 9.17) is 0 Å². The lowest BCUT2D eigenvalue weighted by Crippen LogP contribution is -2.14. The van der Waals surface area contributed by atoms with Crippen molar-refractivity contribution >= 4 is 5.97 Å². The zero-order valence-corrected chi connectivity index (χ0v) is 11.1. The van der Waals surface area contributed by atoms with Gasteiger partial charge < -0.3 is 10.0 Å². The molecule has 0 amide bonds. The van der Waals surface area contributed by atoms with Gasteiger partial charge in [0.2, 0.25) is 0 Å². The van der Waals surface area contributed by atoms with Crippen LogP contribution >= 0.6 is 0 Å². The van der Waals surface area contributed by atoms with Crippen molar-refractivity contribution in [2.24, 2.45) is 0 Å². The third-order valence-corrected chi connectivity index (χ3v) is 3.88. The minimum atomic E-state index is -0.724. The Morgan fingerprint density at radius 1 is 1.56 bits per heavy atom. The maximum absolute atomic E-state index is 11.2. The smallest absolute Gasteiger partial charge is 0.310 e. The molecule has 1 saturated heterocycles. The molecule has 3 heteroatoms. The van der Waals surface area contributed by atoms with E-state index >= 15 is 0 Å². The first-order chi connectivity index (χ1) is 8.61. The van der Waals surface area contributed by atoms with Gasteiger partial charge in [0.1, 0.15) is 0 Å². The molecule has 0 radical (unpaired) electrons. The fraction of sp³-hybridized carbons (Fsp3) is 0.533. The van der Waals surface area contributed by atoms with Gasteiger partial charge in [0, 0.05) is 6.54 Å². The summed E-state index contributed by atoms with van der Waals surface area (Å²) in [6.45, 7) is 4.13. The summed E-state index contributed by atoms with van der Waals surface area (Å²) in [5.74, 6) is -0.538. The molecular weight excluding hydrogens is 226 g/mol. The number of likely N-dealkylation sites (tertiary alicyclic amines) is 1. The Morgan fingerprint density at radius 2 is 2.33 bits per heavy atom. The van der Waals surface area contributed by atoms with Crippen LogP contribution in [-0.4, -0.2) is 36.1 Å². The van der Waals surface area contributed by atoms with E-state index in [1.807, 2.05) is 19.1 Å². The van der Waals surface area contributed by atoms with Crippen molar-refractivity contribution in [1.29, 1.82) is 0 Å². The third kappa shape index (κ3) is 2.72. The topological polar surface area (TPSA) is 40.5 Å². The number of rotatable bonds is 4. The first kappa shape index (κ1) is 13.1. The quantitative estimate of drug-likeness (QED) is 0.889. The summed E-state index contributed by atoms with van der Waals surface area (Å²) < 4.78 is 0. The van der Waals surface area contributed by atoms with E-state index in [1.54, 1.807) is 0 Å². The molecule has 18 heavy (non-hydrogen) atoms. The number of carbonyl (C=O) groups is 1. The van der Waals surface area contributed by atoms with E-state index in [0.29, 0.717) is 12.3 Å². The molecule has 2 atom stereocenters. The summed E-state index contributed by atoms with van der Waals surface area (Å²) in [5.41, 5.74) is 2.23. The van der Waals surface area contributed by atoms with Crippen molar-refractivity contribution in [2.75, 3.05) is 20.1 Å². The summed E-state index contributed by atoms with van der Waals surface area (Å²) in [6, 6.07) is 8.15. The second-order valence-corrected chi connectivity index (χ2v) is 5.22. The number of likely N-dealkylation sites (N-methyl/N-ethyl adjacent to an activating group) is 1. The van der Waals surface area contributed by atoms with Crippen LogP contribution in [0.15, 0.2) is 24.3 Å². The number of carboxylic acid groups (broad SMARTS) is 1. The highest BCUT2D eigenvalue weighted by molar-refractivity contribution is 5.76. The molecule has 0 spiro atoms. The van der Waals surface area contributed by atoms with Crippen LogP contribution in [0.5, 0.6) is 0 Å². The fourth-order valence-electron chi connectivity index (χ4n) is 2.79. The number of nitrogens with zero attached hydrogens (tertiary/aromatic N) is 1. The van der Waals surface area contributed by atoms with Crippen LogP contribution in [0.1, 0.15) is 42.7 Å². The molecule has 3 nitrogen and oxygen atoms in total. The van der Waals surface area contributed by atoms with E-state index in [9.17, 15) is 9.90 Å². The number of hydrogen-bond acceptors (Lipinski definition) is 2. The number of aliphatic carboxylic acids is 1. The third-order valence-electron chi connectivity index (χ3n) is 3.88. The molecule has 1 N–H and O–H groups in total. The second kappa shape index (κ2) is 5.53. The van der Waals surface area contributed by atoms with Gasteiger partial charge in [0.05, 0.1) is 5.92 Å². The van der Waals surface area contributed by atoms with E-state index in [2.05, 4.69) is 24.1 Å². The Kier molecular flexibility index (Phi) is 4.02. The molecule has 1 aliphatic rings. The predicted octanol–water partition coefficient (Wildman–Crippen LogP) is 2.68. The van der Waals surface area contributed by atoms with E-state index < -0.39 is 5.97 Å². The van der Waals surface area contributed by atoms with E-state index in [1.165, 1.54) is 12.0 Å². The van der Waals surface area contributed by atoms with Gasteiger partial charge in [-0.1, -0.05) is 31.2 Å². The van der Waals surface area contributed by atoms with Crippen molar-refractivity contribution in [3.05, 3.63) is 35.4 Å². The van der Waals surface area contributed by atoms with Gasteiger partial charge in [-0.05, 0) is 43.5 Å². The van der Waals surface area contributed by atoms with Crippen molar-refractivity contribution in [3.63, 3.8) is 0 Å². The molecule has 1 aromatic rings. The van der Waals surface area contributed by atoms with Crippen LogP contribution in [0.25, 0.3) is 0 Å². The predicted molar refractivity (Wildman–Crippen MR) is 72.0 cm³/mol. The van der Waals surface area contributed by atoms with Gasteiger partial charge in [-0.25, -0.2) is 0 Å². The Hall–Kier alpha value is -1.35. The van der Waals surface area contributed by atoms with Crippen molar-refractivity contribution in [3.8, 4) is 0 Å². The Bertz CT molecular complexity index is 430. The van der Waals surface area contributed by atoms with Crippen molar-refractivity contribution in [2.45, 2.75) is 31.6 Å². The van der Waals surface area contributed by atoms with Gasteiger partial charge in [-0.2, -0.15) is 0 Å². The van der Waals surface area contributed by atoms with Crippen molar-refractivity contribution < 1.29 is 9.90 Å². The Labute approximate surface area is 108 Å². The summed E-state index contributed by atoms with van der Waals surface area (Å²) >= 11 is 0. The highest BCUT2D eigenvalue weighted by Gasteiger charge is 2.23. The minimum Gasteiger partial charge on any atom is -0.481 e. The molecule has 1 aliphatic heterocycles. The average Bonchev–Trinajstić information content (AvgIpc) is 2.77. The van der Waals surface area contributed by atoms with Gasteiger partial charge in [0.25, 0.3) is 0 Å². The first-order valence-corrected chi connectivity index (χ1v) is 6.63. The zero-order valence-electron chi connectivity index (χ0n) is 11.1. The molecule has 0 saturated carbocycles. The SMILES string of the molecule is CCC(C(=O)O)c1cccc(C2CCN(C)C2)c1. The van der Waals surface area contributed by atoms with Gasteiger partial charge in [-0.3, -0.25) is 4.79 Å². The average molecular weight is 247 g/mol. The van der Waals surface area contributed by atoms with Gasteiger partial charge in [-0.15, -0.1) is 0 Å². The number of benzene rings is 1. The molecule has 2 unspecified atom stereocenters. The fourth-order valence-corrected chi connectivity index (χ4v) is 2.79. The molecule has 1 aromatic carbocycles. The second-order valence-electron chi connectivity index (χ2n) is 5.22. The molecule has 0 aliphatic carbocycles. The molecule has 1 fully saturated rings. The summed E-state index contributed by atoms with van der Waals surface area (Å²) in [6.07, 6.45) is 1.81. The number of carboxylic acids is 1. The van der Waals surface area contributed by atoms with Gasteiger partial charge >= 0.3 is 5.97 Å². The number of hydrogen-bond donors (Lipinski definition) is 1. The van der Waals surface area contributed by atoms with Crippen LogP contribution in [-0.2, 0) is 4.79 Å². The van der Waals surface area contributed by atoms with Crippen LogP contribution in [0.4, 0.5) is 0 Å². The highest BCUT2D eigenvalue weighted by Crippen LogP contribution is 2.29. The monoisotopic (exact) mass is 247 g/mol. The van der Waals surface area contributed by atoms with Gasteiger partial charge in [0.15, 0.2) is 0 Å². The van der Waals surface area contributed by atoms with E-state index in [-0.39, 0.29) is 5.92 Å². The largest absolute Gasteiger partial charge is 0.481 e. The highest BCUT2D eigenvalue weighted by atomic mass is 16.4. The zero-order chi connectivity index (χ0) is 13.1. The Balaban J connectivity index is 2.21. The first-order valence-electron chi connectivity index (χ1n) is 6.63. The lowest BCUT2D eigenvalue weighted by atomic mass is 9.91. The summed E-state index contributed by atoms with van der Waals surface area (Å²) in [4.78, 5) is 13.5. The molecular formula is C15H21NO2. The maximum Gasteiger partial charge on any atom is 0.310 e. The van der Waals surface area contributed by atoms with Crippen LogP contribution in [0, 0.1) is 0 Å². The molecule has 0 aromatic heterocycles. The maximum atomic E-state index is 11.2. The molecule has 2 rings (SSSR count). The van der Waals surface area contributed by atoms with E-state index in [0.717, 1.165) is 18.7 Å². The Morgan fingerprint density at radius 3 is 2.89 bits per heavy atom. The molecule has 0 bridgehead atoms. The molecule has 98 valence electrons. The summed E-state index contributed by atoms with van der Waals surface area (Å²) in [5, 5.41) is 9.22. The van der Waals surface area contributed by atoms with Crippen LogP contribution in [0.3, 0.4) is 0 Å². The normalized spacial score (nSPS) is 22.0. The van der Waals surface area contributed by atoms with Crippen LogP contribution < -0.4 is 0 Å². The van der Waals surface area contributed by atoms with Crippen LogP contribution in [0.2, 0.25) is 0 Å². The standard InChI is InChI=1S/C15H21NO2/c1-3-14(15(17)18)12-6-4-5-11(9-12)13-7-8-16(2)10-13/h4-6,9,13-14H,3,7-8,10H2,1-2H3,(H,17,18). The lowest BCUT2D eigenvalue weighted by molar-refractivity contribution is -0.138. The minimum absolute atomic E-state index is 0.371.